The lowest BCUT2D eigenvalue weighted by atomic mass is 10.1. The Bertz CT molecular complexity index is 729. The maximum atomic E-state index is 11.9. The molecule has 0 bridgehead atoms. The number of pyridine rings is 1. The molecule has 1 unspecified atom stereocenters. The van der Waals surface area contributed by atoms with Crippen molar-refractivity contribution >= 4 is 17.5 Å². The molecule has 0 fully saturated rings. The van der Waals surface area contributed by atoms with Gasteiger partial charge in [0.15, 0.2) is 0 Å². The second-order valence-electron chi connectivity index (χ2n) is 6.08. The van der Waals surface area contributed by atoms with Gasteiger partial charge in [-0.2, -0.15) is 0 Å². The third kappa shape index (κ3) is 6.16. The van der Waals surface area contributed by atoms with Crippen molar-refractivity contribution in [2.45, 2.75) is 39.2 Å². The summed E-state index contributed by atoms with van der Waals surface area (Å²) in [6.07, 6.45) is 2.90. The molecule has 7 nitrogen and oxygen atoms in total. The Morgan fingerprint density at radius 3 is 2.58 bits per heavy atom. The molecule has 0 saturated carbocycles. The van der Waals surface area contributed by atoms with Crippen molar-refractivity contribution in [1.29, 1.82) is 0 Å². The normalized spacial score (nSPS) is 11.6. The molecule has 2 rings (SSSR count). The largest absolute Gasteiger partial charge is 0.463 e. The SMILES string of the molecule is CCC(COC(=O)CCc1ccc(C)cc1)Nc1ccc([N+](=O)[O-])cn1. The van der Waals surface area contributed by atoms with Crippen LogP contribution in [0.25, 0.3) is 0 Å². The summed E-state index contributed by atoms with van der Waals surface area (Å²) < 4.78 is 5.34. The van der Waals surface area contributed by atoms with Crippen LogP contribution in [-0.4, -0.2) is 28.5 Å². The molecule has 7 heteroatoms. The molecule has 1 aromatic heterocycles. The van der Waals surface area contributed by atoms with Crippen LogP contribution in [-0.2, 0) is 16.0 Å². The van der Waals surface area contributed by atoms with E-state index < -0.39 is 4.92 Å². The zero-order chi connectivity index (χ0) is 18.9. The van der Waals surface area contributed by atoms with Crippen LogP contribution in [0.1, 0.15) is 30.9 Å². The van der Waals surface area contributed by atoms with Gasteiger partial charge in [-0.05, 0) is 31.4 Å². The van der Waals surface area contributed by atoms with Gasteiger partial charge in [-0.15, -0.1) is 0 Å². The Kier molecular flexibility index (Phi) is 7.08. The Labute approximate surface area is 152 Å². The summed E-state index contributed by atoms with van der Waals surface area (Å²) in [5.74, 6) is 0.264. The van der Waals surface area contributed by atoms with Crippen molar-refractivity contribution in [3.8, 4) is 0 Å². The summed E-state index contributed by atoms with van der Waals surface area (Å²) in [6, 6.07) is 10.9. The van der Waals surface area contributed by atoms with E-state index in [1.807, 2.05) is 38.1 Å². The van der Waals surface area contributed by atoms with Crippen LogP contribution in [0.4, 0.5) is 11.5 Å². The van der Waals surface area contributed by atoms with Gasteiger partial charge in [0.25, 0.3) is 5.69 Å². The first-order valence-electron chi connectivity index (χ1n) is 8.56. The van der Waals surface area contributed by atoms with E-state index in [1.54, 1.807) is 6.07 Å². The molecule has 1 N–H and O–H groups in total. The van der Waals surface area contributed by atoms with Crippen LogP contribution in [0.5, 0.6) is 0 Å². The smallest absolute Gasteiger partial charge is 0.306 e. The van der Waals surface area contributed by atoms with Crippen LogP contribution >= 0.6 is 0 Å². The maximum Gasteiger partial charge on any atom is 0.306 e. The van der Waals surface area contributed by atoms with Crippen molar-refractivity contribution in [3.63, 3.8) is 0 Å². The maximum absolute atomic E-state index is 11.9. The van der Waals surface area contributed by atoms with E-state index in [0.29, 0.717) is 18.7 Å². The van der Waals surface area contributed by atoms with Gasteiger partial charge in [0.05, 0.1) is 11.0 Å². The summed E-state index contributed by atoms with van der Waals surface area (Å²) in [7, 11) is 0. The van der Waals surface area contributed by atoms with Gasteiger partial charge >= 0.3 is 5.97 Å². The van der Waals surface area contributed by atoms with Crippen molar-refractivity contribution < 1.29 is 14.5 Å². The number of hydrogen-bond acceptors (Lipinski definition) is 6. The van der Waals surface area contributed by atoms with Gasteiger partial charge in [-0.25, -0.2) is 4.98 Å². The van der Waals surface area contributed by atoms with Crippen LogP contribution in [0, 0.1) is 17.0 Å². The second kappa shape index (κ2) is 9.50. The summed E-state index contributed by atoms with van der Waals surface area (Å²) in [6.45, 7) is 4.21. The van der Waals surface area contributed by atoms with E-state index in [4.69, 9.17) is 4.74 Å². The molecule has 0 aliphatic rings. The van der Waals surface area contributed by atoms with Gasteiger partial charge in [0.2, 0.25) is 0 Å². The quantitative estimate of drug-likeness (QED) is 0.418. The average Bonchev–Trinajstić information content (AvgIpc) is 2.65. The highest BCUT2D eigenvalue weighted by molar-refractivity contribution is 5.69. The highest BCUT2D eigenvalue weighted by Crippen LogP contribution is 2.13. The Morgan fingerprint density at radius 2 is 2.00 bits per heavy atom. The minimum atomic E-state index is -0.496. The average molecular weight is 357 g/mol. The lowest BCUT2D eigenvalue weighted by molar-refractivity contribution is -0.385. The molecule has 26 heavy (non-hydrogen) atoms. The molecule has 0 spiro atoms. The van der Waals surface area contributed by atoms with Crippen LogP contribution < -0.4 is 5.32 Å². The molecule has 0 radical (unpaired) electrons. The van der Waals surface area contributed by atoms with Gasteiger partial charge in [-0.1, -0.05) is 36.8 Å². The summed E-state index contributed by atoms with van der Waals surface area (Å²) in [5, 5.41) is 13.8. The molecule has 0 amide bonds. The lowest BCUT2D eigenvalue weighted by Gasteiger charge is -2.17. The van der Waals surface area contributed by atoms with E-state index in [2.05, 4.69) is 10.3 Å². The van der Waals surface area contributed by atoms with Crippen molar-refractivity contribution in [1.82, 2.24) is 4.98 Å². The fourth-order valence-electron chi connectivity index (χ4n) is 2.32. The molecule has 2 aromatic rings. The van der Waals surface area contributed by atoms with Gasteiger partial charge < -0.3 is 10.1 Å². The highest BCUT2D eigenvalue weighted by Gasteiger charge is 2.12. The van der Waals surface area contributed by atoms with Gasteiger partial charge in [0, 0.05) is 12.5 Å². The number of rotatable bonds is 9. The zero-order valence-electron chi connectivity index (χ0n) is 15.0. The van der Waals surface area contributed by atoms with E-state index in [-0.39, 0.29) is 24.3 Å². The predicted molar refractivity (Wildman–Crippen MR) is 99.1 cm³/mol. The molecule has 1 heterocycles. The molecule has 138 valence electrons. The van der Waals surface area contributed by atoms with Crippen molar-refractivity contribution in [2.24, 2.45) is 0 Å². The van der Waals surface area contributed by atoms with Gasteiger partial charge in [0.1, 0.15) is 18.6 Å². The molecule has 1 aromatic carbocycles. The molecule has 0 saturated heterocycles. The van der Waals surface area contributed by atoms with Crippen LogP contribution in [0.3, 0.4) is 0 Å². The zero-order valence-corrected chi connectivity index (χ0v) is 15.0. The Hall–Kier alpha value is -2.96. The lowest BCUT2D eigenvalue weighted by Crippen LogP contribution is -2.26. The topological polar surface area (TPSA) is 94.4 Å². The minimum absolute atomic E-state index is 0.0638. The Morgan fingerprint density at radius 1 is 1.27 bits per heavy atom. The number of carbonyl (C=O) groups is 1. The third-order valence-electron chi connectivity index (χ3n) is 3.99. The first kappa shape index (κ1) is 19.4. The number of benzene rings is 1. The molecular formula is C19H23N3O4. The molecule has 0 aliphatic carbocycles. The van der Waals surface area contributed by atoms with E-state index in [0.717, 1.165) is 12.0 Å². The second-order valence-corrected chi connectivity index (χ2v) is 6.08. The van der Waals surface area contributed by atoms with E-state index >= 15 is 0 Å². The number of carbonyl (C=O) groups excluding carboxylic acids is 1. The number of anilines is 1. The number of hydrogen-bond donors (Lipinski definition) is 1. The van der Waals surface area contributed by atoms with Gasteiger partial charge in [-0.3, -0.25) is 14.9 Å². The number of esters is 1. The summed E-state index contributed by atoms with van der Waals surface area (Å²) >= 11 is 0. The standard InChI is InChI=1S/C19H23N3O4/c1-3-16(21-18-10-9-17(12-20-18)22(24)25)13-26-19(23)11-8-15-6-4-14(2)5-7-15/h4-7,9-10,12,16H,3,8,11,13H2,1-2H3,(H,20,21). The first-order valence-corrected chi connectivity index (χ1v) is 8.56. The molecule has 0 aliphatic heterocycles. The number of ether oxygens (including phenoxy) is 1. The summed E-state index contributed by atoms with van der Waals surface area (Å²) in [4.78, 5) is 26.1. The van der Waals surface area contributed by atoms with E-state index in [9.17, 15) is 14.9 Å². The summed E-state index contributed by atoms with van der Waals surface area (Å²) in [5.41, 5.74) is 2.23. The third-order valence-corrected chi connectivity index (χ3v) is 3.99. The number of aryl methyl sites for hydroxylation is 2. The predicted octanol–water partition coefficient (Wildman–Crippen LogP) is 3.66. The molecule has 1 atom stereocenters. The number of nitrogens with zero attached hydrogens (tertiary/aromatic N) is 2. The number of aromatic nitrogens is 1. The fraction of sp³-hybridized carbons (Fsp3) is 0.368. The van der Waals surface area contributed by atoms with Crippen LogP contribution in [0.2, 0.25) is 0 Å². The molecular weight excluding hydrogens is 334 g/mol. The first-order chi connectivity index (χ1) is 12.5. The highest BCUT2D eigenvalue weighted by atomic mass is 16.6. The fourth-order valence-corrected chi connectivity index (χ4v) is 2.32. The van der Waals surface area contributed by atoms with Crippen molar-refractivity contribution in [3.05, 3.63) is 63.8 Å². The number of nitro groups is 1. The Balaban J connectivity index is 1.77. The van der Waals surface area contributed by atoms with E-state index in [1.165, 1.54) is 17.8 Å². The minimum Gasteiger partial charge on any atom is -0.463 e. The van der Waals surface area contributed by atoms with Crippen LogP contribution in [0.15, 0.2) is 42.6 Å². The van der Waals surface area contributed by atoms with Crippen molar-refractivity contribution in [2.75, 3.05) is 11.9 Å². The number of nitrogens with one attached hydrogen (secondary N) is 1. The monoisotopic (exact) mass is 357 g/mol.